The van der Waals surface area contributed by atoms with Crippen LogP contribution >= 0.6 is 15.2 Å². The predicted molar refractivity (Wildman–Crippen MR) is 46.6 cm³/mol. The molecule has 0 aromatic carbocycles. The van der Waals surface area contributed by atoms with E-state index in [0.29, 0.717) is 12.8 Å². The van der Waals surface area contributed by atoms with Crippen molar-refractivity contribution in [3.05, 3.63) is 0 Å². The van der Waals surface area contributed by atoms with E-state index in [1.807, 2.05) is 6.92 Å². The van der Waals surface area contributed by atoms with E-state index in [0.717, 1.165) is 4.90 Å². The molecule has 19 heavy (non-hydrogen) atoms. The molecule has 13 heteroatoms. The summed E-state index contributed by atoms with van der Waals surface area (Å²) in [4.78, 5) is 42.6. The predicted octanol–water partition coefficient (Wildman–Crippen LogP) is -14.2. The fourth-order valence-electron chi connectivity index (χ4n) is 1.06. The molecule has 0 aliphatic rings. The Kier molecular flexibility index (Phi) is 37.8. The van der Waals surface area contributed by atoms with Crippen molar-refractivity contribution in [3.8, 4) is 0 Å². The first-order valence-electron chi connectivity index (χ1n) is 4.38. The Balaban J connectivity index is -0.000000163. The number of hydrogen-bond acceptors (Lipinski definition) is 7. The monoisotopic (exact) mass is 413 g/mol. The molecule has 0 saturated carbocycles. The van der Waals surface area contributed by atoms with Gasteiger partial charge < -0.3 is 28.7 Å². The molecule has 0 bridgehead atoms. The second kappa shape index (κ2) is 19.6. The van der Waals surface area contributed by atoms with Crippen LogP contribution in [0.2, 0.25) is 0 Å². The second-order valence-corrected chi connectivity index (χ2v) is 6.26. The van der Waals surface area contributed by atoms with E-state index >= 15 is 0 Å². The molecule has 0 heterocycles. The summed E-state index contributed by atoms with van der Waals surface area (Å²) in [6, 6.07) is 0. The smallest absolute Gasteiger partial charge is 0.810 e. The normalized spacial score (nSPS) is 10.6. The molecular formula is C6H13K4NO6P2. The molecule has 0 atom stereocenters. The molecule has 0 N–H and O–H groups in total. The van der Waals surface area contributed by atoms with Crippen LogP contribution in [0.4, 0.5) is 0 Å². The molecule has 0 aliphatic heterocycles. The van der Waals surface area contributed by atoms with Crippen LogP contribution in [0.15, 0.2) is 0 Å². The molecule has 7 nitrogen and oxygen atoms in total. The summed E-state index contributed by atoms with van der Waals surface area (Å²) < 4.78 is 20.9. The third-order valence-electron chi connectivity index (χ3n) is 1.57. The summed E-state index contributed by atoms with van der Waals surface area (Å²) in [5, 5.41) is 0. The van der Waals surface area contributed by atoms with Gasteiger partial charge in [-0.2, -0.15) is 0 Å². The van der Waals surface area contributed by atoms with Crippen LogP contribution < -0.4 is 225 Å². The van der Waals surface area contributed by atoms with E-state index in [4.69, 9.17) is 0 Å². The molecule has 0 radical (unpaired) electrons. The van der Waals surface area contributed by atoms with Gasteiger partial charge in [-0.15, -0.1) is 0 Å². The summed E-state index contributed by atoms with van der Waals surface area (Å²) in [5.74, 6) is 0. The summed E-state index contributed by atoms with van der Waals surface area (Å²) in [6.07, 6.45) is -0.594. The maximum Gasteiger partial charge on any atom is 1.00 e. The van der Waals surface area contributed by atoms with Gasteiger partial charge in [0, 0.05) is 12.6 Å². The van der Waals surface area contributed by atoms with Crippen LogP contribution in [-0.2, 0) is 9.13 Å². The molecule has 92 valence electrons. The Labute approximate surface area is 284 Å². The van der Waals surface area contributed by atoms with Crippen LogP contribution in [0, 0.1) is 0 Å². The van der Waals surface area contributed by atoms with Crippen LogP contribution in [0.1, 0.15) is 19.8 Å². The number of rotatable bonds is 7. The van der Waals surface area contributed by atoms with Gasteiger partial charge in [0.15, 0.2) is 0 Å². The minimum atomic E-state index is -4.82. The molecule has 0 saturated heterocycles. The number of unbranched alkanes of at least 4 members (excludes halogenated alkanes) is 1. The van der Waals surface area contributed by atoms with E-state index < -0.39 is 27.8 Å². The van der Waals surface area contributed by atoms with Crippen molar-refractivity contribution in [1.82, 2.24) is 4.90 Å². The molecular weight excluding hydrogens is 400 g/mol. The van der Waals surface area contributed by atoms with Crippen molar-refractivity contribution in [2.45, 2.75) is 19.8 Å². The van der Waals surface area contributed by atoms with E-state index in [2.05, 4.69) is 0 Å². The fourth-order valence-corrected chi connectivity index (χ4v) is 2.68. The Bertz CT molecular complexity index is 261. The van der Waals surface area contributed by atoms with Gasteiger partial charge >= 0.3 is 206 Å². The van der Waals surface area contributed by atoms with Gasteiger partial charge in [-0.3, -0.25) is 4.90 Å². The van der Waals surface area contributed by atoms with Gasteiger partial charge in [0.2, 0.25) is 0 Å². The zero-order valence-electron chi connectivity index (χ0n) is 12.3. The molecule has 0 aromatic heterocycles. The SMILES string of the molecule is CCCCN(CP(=O)([O-])[O-])CP(=O)([O-])[O-].[K+].[K+].[K+].[K+]. The number of nitrogens with zero attached hydrogens (tertiary/aromatic N) is 1. The largest absolute Gasteiger partial charge is 1.00 e. The quantitative estimate of drug-likeness (QED) is 0.299. The Morgan fingerprint density at radius 1 is 0.842 bits per heavy atom. The Morgan fingerprint density at radius 2 is 1.16 bits per heavy atom. The van der Waals surface area contributed by atoms with Gasteiger partial charge in [0.05, 0.1) is 0 Å². The van der Waals surface area contributed by atoms with Crippen LogP contribution in [-0.4, -0.2) is 24.0 Å². The first-order chi connectivity index (χ1) is 6.64. The molecule has 0 spiro atoms. The van der Waals surface area contributed by atoms with E-state index in [1.165, 1.54) is 0 Å². The van der Waals surface area contributed by atoms with E-state index in [9.17, 15) is 28.7 Å². The van der Waals surface area contributed by atoms with Crippen molar-refractivity contribution in [2.75, 3.05) is 19.1 Å². The average molecular weight is 414 g/mol. The maximum atomic E-state index is 10.4. The van der Waals surface area contributed by atoms with Crippen LogP contribution in [0.3, 0.4) is 0 Å². The van der Waals surface area contributed by atoms with Gasteiger partial charge in [0.25, 0.3) is 0 Å². The summed E-state index contributed by atoms with van der Waals surface area (Å²) in [5.41, 5.74) is 0. The zero-order chi connectivity index (χ0) is 12.1. The first-order valence-corrected chi connectivity index (χ1v) is 7.84. The summed E-state index contributed by atoms with van der Waals surface area (Å²) >= 11 is 0. The first kappa shape index (κ1) is 36.7. The zero-order valence-corrected chi connectivity index (χ0v) is 26.6. The molecule has 0 unspecified atom stereocenters. The average Bonchev–Trinajstić information content (AvgIpc) is 1.94. The van der Waals surface area contributed by atoms with Crippen molar-refractivity contribution in [3.63, 3.8) is 0 Å². The van der Waals surface area contributed by atoms with Crippen molar-refractivity contribution in [2.24, 2.45) is 0 Å². The Hall–Kier alpha value is 6.81. The second-order valence-electron chi connectivity index (χ2n) is 3.25. The van der Waals surface area contributed by atoms with Gasteiger partial charge in [0.1, 0.15) is 0 Å². The third kappa shape index (κ3) is 29.8. The minimum absolute atomic E-state index is 0. The van der Waals surface area contributed by atoms with E-state index in [-0.39, 0.29) is 212 Å². The summed E-state index contributed by atoms with van der Waals surface area (Å²) in [7, 11) is -9.64. The molecule has 0 fully saturated rings. The maximum absolute atomic E-state index is 10.4. The van der Waals surface area contributed by atoms with Crippen molar-refractivity contribution < 1.29 is 234 Å². The Morgan fingerprint density at radius 3 is 1.37 bits per heavy atom. The van der Waals surface area contributed by atoms with Crippen molar-refractivity contribution >= 4 is 15.2 Å². The van der Waals surface area contributed by atoms with Crippen LogP contribution in [0.5, 0.6) is 0 Å². The molecule has 0 aliphatic carbocycles. The summed E-state index contributed by atoms with van der Waals surface area (Å²) in [6.45, 7) is 1.93. The standard InChI is InChI=1S/C6H17NO6P2.4K/c1-2-3-4-7(5-14(8,9)10)6-15(11,12)13;;;;/h2-6H2,1H3,(H2,8,9,10)(H2,11,12,13);;;;/q;4*+1/p-4. The molecule has 0 amide bonds. The number of hydrogen-bond donors (Lipinski definition) is 0. The minimum Gasteiger partial charge on any atom is -0.810 e. The molecule has 0 aromatic rings. The van der Waals surface area contributed by atoms with E-state index in [1.54, 1.807) is 0 Å². The van der Waals surface area contributed by atoms with Gasteiger partial charge in [-0.05, 0) is 13.0 Å². The topological polar surface area (TPSA) is 130 Å². The van der Waals surface area contributed by atoms with Crippen LogP contribution in [0.25, 0.3) is 0 Å². The van der Waals surface area contributed by atoms with Gasteiger partial charge in [-0.25, -0.2) is 0 Å². The van der Waals surface area contributed by atoms with Gasteiger partial charge in [-0.1, -0.05) is 28.5 Å². The third-order valence-corrected chi connectivity index (χ3v) is 3.07. The molecule has 0 rings (SSSR count). The fraction of sp³-hybridized carbons (Fsp3) is 1.00. The van der Waals surface area contributed by atoms with Crippen molar-refractivity contribution in [1.29, 1.82) is 0 Å².